The smallest absolute Gasteiger partial charge is 0.139 e. The number of ether oxygens (including phenoxy) is 1. The molecule has 3 fully saturated rings. The number of carbonyl (C=O) groups excluding carboxylic acids is 1. The van der Waals surface area contributed by atoms with Crippen LogP contribution in [0.3, 0.4) is 0 Å². The van der Waals surface area contributed by atoms with Crippen LogP contribution < -0.4 is 10.1 Å². The fourth-order valence-corrected chi connectivity index (χ4v) is 10.2. The van der Waals surface area contributed by atoms with Crippen molar-refractivity contribution < 1.29 is 9.53 Å². The highest BCUT2D eigenvalue weighted by Gasteiger charge is 2.54. The van der Waals surface area contributed by atoms with Crippen LogP contribution in [0.2, 0.25) is 0 Å². The number of hydrogen-bond acceptors (Lipinski definition) is 6. The topological polar surface area (TPSA) is 41.6 Å². The van der Waals surface area contributed by atoms with Crippen molar-refractivity contribution >= 4 is 27.4 Å². The Morgan fingerprint density at radius 3 is 2.61 bits per heavy atom. The molecule has 2 saturated carbocycles. The summed E-state index contributed by atoms with van der Waals surface area (Å²) in [5.41, 5.74) is 4.33. The zero-order valence-corrected chi connectivity index (χ0v) is 24.9. The lowest BCUT2D eigenvalue weighted by molar-refractivity contribution is -0.129. The molecule has 1 aliphatic heterocycles. The Labute approximate surface area is 226 Å². The number of nitrogens with zero attached hydrogens (tertiary/aromatic N) is 1. The average Bonchev–Trinajstić information content (AvgIpc) is 3.14. The first-order valence-electron chi connectivity index (χ1n) is 14.0. The normalized spacial score (nSPS) is 34.4. The molecule has 4 nitrogen and oxygen atoms in total. The molecule has 4 atom stereocenters. The van der Waals surface area contributed by atoms with E-state index >= 15 is 0 Å². The first kappa shape index (κ1) is 26.9. The number of fused-ring (bicyclic) bond motifs is 5. The second-order valence-electron chi connectivity index (χ2n) is 13.3. The minimum atomic E-state index is -0.0570. The second kappa shape index (κ2) is 10.1. The molecule has 0 unspecified atom stereocenters. The lowest BCUT2D eigenvalue weighted by Crippen LogP contribution is -2.44. The van der Waals surface area contributed by atoms with Gasteiger partial charge < -0.3 is 10.1 Å². The van der Waals surface area contributed by atoms with Crippen molar-refractivity contribution in [2.45, 2.75) is 95.1 Å². The van der Waals surface area contributed by atoms with Crippen LogP contribution in [0.1, 0.15) is 89.3 Å². The van der Waals surface area contributed by atoms with Crippen LogP contribution >= 0.6 is 21.6 Å². The Morgan fingerprint density at radius 2 is 1.83 bits per heavy atom. The van der Waals surface area contributed by atoms with Crippen molar-refractivity contribution in [1.29, 1.82) is 0 Å². The van der Waals surface area contributed by atoms with E-state index in [1.54, 1.807) is 5.56 Å². The van der Waals surface area contributed by atoms with E-state index in [1.807, 2.05) is 28.7 Å². The van der Waals surface area contributed by atoms with Gasteiger partial charge in [-0.25, -0.2) is 0 Å². The fraction of sp³-hybridized carbons (Fsp3) is 0.767. The molecule has 0 spiro atoms. The van der Waals surface area contributed by atoms with Gasteiger partial charge in [0.15, 0.2) is 0 Å². The molecule has 0 amide bonds. The summed E-state index contributed by atoms with van der Waals surface area (Å²) in [5.74, 6) is 3.43. The van der Waals surface area contributed by atoms with Gasteiger partial charge in [-0.2, -0.15) is 0 Å². The number of nitrogens with one attached hydrogen (secondary N) is 1. The van der Waals surface area contributed by atoms with Gasteiger partial charge in [0, 0.05) is 59.6 Å². The number of Topliss-reactive ketones (excluding diaryl/α,β-unsaturated/α-hetero) is 1. The predicted molar refractivity (Wildman–Crippen MR) is 154 cm³/mol. The van der Waals surface area contributed by atoms with E-state index in [0.29, 0.717) is 23.5 Å². The molecular weight excluding hydrogens is 484 g/mol. The molecule has 3 aliphatic carbocycles. The molecule has 1 aromatic rings. The highest BCUT2D eigenvalue weighted by atomic mass is 33.1. The van der Waals surface area contributed by atoms with E-state index in [1.165, 1.54) is 17.5 Å². The molecular formula is C30H46N2O2S2. The minimum Gasteiger partial charge on any atom is -0.496 e. The summed E-state index contributed by atoms with van der Waals surface area (Å²) < 4.78 is 6.39. The van der Waals surface area contributed by atoms with Crippen molar-refractivity contribution in [3.8, 4) is 5.75 Å². The number of ketones is 1. The molecule has 1 heterocycles. The Kier molecular flexibility index (Phi) is 7.57. The lowest BCUT2D eigenvalue weighted by Gasteiger charge is -2.48. The van der Waals surface area contributed by atoms with Gasteiger partial charge in [-0.1, -0.05) is 34.6 Å². The second-order valence-corrected chi connectivity index (χ2v) is 16.8. The van der Waals surface area contributed by atoms with Crippen molar-refractivity contribution in [1.82, 2.24) is 10.2 Å². The molecule has 36 heavy (non-hydrogen) atoms. The fourth-order valence-electron chi connectivity index (χ4n) is 7.63. The van der Waals surface area contributed by atoms with Gasteiger partial charge in [-0.15, -0.1) is 0 Å². The maximum Gasteiger partial charge on any atom is 0.139 e. The average molecular weight is 531 g/mol. The van der Waals surface area contributed by atoms with Crippen molar-refractivity contribution in [2.75, 3.05) is 33.3 Å². The van der Waals surface area contributed by atoms with Crippen LogP contribution in [0.25, 0.3) is 0 Å². The number of aryl methyl sites for hydroxylation is 1. The standard InChI is InChI=1S/C30H46N2O2S2/c1-28(2)18-31-13-14-32(19-29(3,4)36-35-28)17-21-15-24-20(16-26(21)34-6)7-8-23-22(24)11-12-30(5)25(23)9-10-27(30)33/h15-16,22-23,25,31H,7-14,17-19H2,1-6H3/t22-,23+,25-,30-/m0/s1. The number of benzene rings is 1. The van der Waals surface area contributed by atoms with E-state index in [-0.39, 0.29) is 14.9 Å². The van der Waals surface area contributed by atoms with Crippen LogP contribution in [-0.2, 0) is 17.8 Å². The van der Waals surface area contributed by atoms with E-state index in [0.717, 1.165) is 70.6 Å². The minimum absolute atomic E-state index is 0.0570. The van der Waals surface area contributed by atoms with Crippen LogP contribution in [0.15, 0.2) is 12.1 Å². The van der Waals surface area contributed by atoms with Gasteiger partial charge in [-0.3, -0.25) is 9.69 Å². The Bertz CT molecular complexity index is 993. The number of rotatable bonds is 3. The SMILES string of the molecule is COc1cc2c(cc1CN1CCNCC(C)(C)SSC(C)(C)C1)[C@H]1CC[C@]3(C)C(=O)CC[C@H]3[C@@H]1CC2. The molecule has 6 heteroatoms. The first-order chi connectivity index (χ1) is 17.0. The van der Waals surface area contributed by atoms with E-state index < -0.39 is 0 Å². The summed E-state index contributed by atoms with van der Waals surface area (Å²) >= 11 is 0. The molecule has 5 rings (SSSR count). The molecule has 1 aromatic carbocycles. The van der Waals surface area contributed by atoms with Crippen molar-refractivity contribution in [3.63, 3.8) is 0 Å². The van der Waals surface area contributed by atoms with Crippen molar-refractivity contribution in [3.05, 3.63) is 28.8 Å². The van der Waals surface area contributed by atoms with Crippen LogP contribution in [-0.4, -0.2) is 53.5 Å². The number of carbonyl (C=O) groups is 1. The van der Waals surface area contributed by atoms with Gasteiger partial charge in [0.2, 0.25) is 0 Å². The highest BCUT2D eigenvalue weighted by Crippen LogP contribution is 2.59. The predicted octanol–water partition coefficient (Wildman–Crippen LogP) is 6.46. The van der Waals surface area contributed by atoms with E-state index in [9.17, 15) is 4.79 Å². The van der Waals surface area contributed by atoms with Gasteiger partial charge in [0.05, 0.1) is 7.11 Å². The maximum absolute atomic E-state index is 12.8. The largest absolute Gasteiger partial charge is 0.496 e. The third-order valence-corrected chi connectivity index (χ3v) is 13.7. The van der Waals surface area contributed by atoms with Gasteiger partial charge in [-0.05, 0) is 94.7 Å². The van der Waals surface area contributed by atoms with E-state index in [2.05, 4.69) is 57.0 Å². The quantitative estimate of drug-likeness (QED) is 0.452. The molecule has 1 N–H and O–H groups in total. The Balaban J connectivity index is 1.39. The Morgan fingerprint density at radius 1 is 1.06 bits per heavy atom. The van der Waals surface area contributed by atoms with Crippen LogP contribution in [0, 0.1) is 17.3 Å². The highest BCUT2D eigenvalue weighted by molar-refractivity contribution is 8.77. The van der Waals surface area contributed by atoms with Crippen molar-refractivity contribution in [2.24, 2.45) is 17.3 Å². The summed E-state index contributed by atoms with van der Waals surface area (Å²) in [6.45, 7) is 16.8. The van der Waals surface area contributed by atoms with Gasteiger partial charge in [0.25, 0.3) is 0 Å². The molecule has 0 bridgehead atoms. The maximum atomic E-state index is 12.8. The van der Waals surface area contributed by atoms with Crippen LogP contribution in [0.4, 0.5) is 0 Å². The first-order valence-corrected chi connectivity index (χ1v) is 16.2. The molecule has 200 valence electrons. The van der Waals surface area contributed by atoms with Gasteiger partial charge >= 0.3 is 0 Å². The molecule has 1 saturated heterocycles. The molecule has 4 aliphatic rings. The van der Waals surface area contributed by atoms with E-state index in [4.69, 9.17) is 4.74 Å². The summed E-state index contributed by atoms with van der Waals surface area (Å²) in [6.07, 6.45) is 6.49. The van der Waals surface area contributed by atoms with Crippen LogP contribution in [0.5, 0.6) is 5.75 Å². The lowest BCUT2D eigenvalue weighted by atomic mass is 9.55. The zero-order valence-electron chi connectivity index (χ0n) is 23.2. The number of hydrogen-bond donors (Lipinski definition) is 1. The summed E-state index contributed by atoms with van der Waals surface area (Å²) in [5, 5.41) is 3.70. The monoisotopic (exact) mass is 530 g/mol. The zero-order chi connectivity index (χ0) is 25.7. The third-order valence-electron chi connectivity index (χ3n) is 9.48. The summed E-state index contributed by atoms with van der Waals surface area (Å²) in [7, 11) is 5.88. The van der Waals surface area contributed by atoms with Gasteiger partial charge in [0.1, 0.15) is 11.5 Å². The summed E-state index contributed by atoms with van der Waals surface area (Å²) in [4.78, 5) is 15.4. The molecule has 0 aromatic heterocycles. The molecule has 0 radical (unpaired) electrons. The number of methoxy groups -OCH3 is 1. The third kappa shape index (κ3) is 5.26. The summed E-state index contributed by atoms with van der Waals surface area (Å²) in [6, 6.07) is 4.86. The Hall–Kier alpha value is -0.690.